The second-order valence-corrected chi connectivity index (χ2v) is 5.75. The number of primary amides is 1. The Morgan fingerprint density at radius 1 is 1.30 bits per heavy atom. The summed E-state index contributed by atoms with van der Waals surface area (Å²) in [6.45, 7) is 3.52. The molecule has 0 radical (unpaired) electrons. The van der Waals surface area contributed by atoms with E-state index in [2.05, 4.69) is 5.32 Å². The van der Waals surface area contributed by atoms with Gasteiger partial charge in [0.25, 0.3) is 0 Å². The molecule has 0 saturated heterocycles. The van der Waals surface area contributed by atoms with Crippen LogP contribution in [0.25, 0.3) is 0 Å². The van der Waals surface area contributed by atoms with Crippen molar-refractivity contribution in [3.8, 4) is 0 Å². The summed E-state index contributed by atoms with van der Waals surface area (Å²) in [5, 5.41) is 13.4. The maximum atomic E-state index is 13.2. The number of hydrogen-bond acceptors (Lipinski definition) is 3. The van der Waals surface area contributed by atoms with Crippen LogP contribution in [0.15, 0.2) is 48.5 Å². The molecule has 5 heteroatoms. The average molecular weight is 316 g/mol. The predicted octanol–water partition coefficient (Wildman–Crippen LogP) is 2.16. The Balaban J connectivity index is 2.17. The fourth-order valence-corrected chi connectivity index (χ4v) is 2.53. The van der Waals surface area contributed by atoms with Gasteiger partial charge in [0, 0.05) is 6.54 Å². The molecule has 0 bridgehead atoms. The van der Waals surface area contributed by atoms with Crippen molar-refractivity contribution in [2.45, 2.75) is 25.5 Å². The van der Waals surface area contributed by atoms with E-state index in [1.54, 1.807) is 32.0 Å². The summed E-state index contributed by atoms with van der Waals surface area (Å²) in [6, 6.07) is 13.3. The van der Waals surface area contributed by atoms with E-state index in [-0.39, 0.29) is 12.4 Å². The number of aliphatic hydroxyl groups excluding tert-OH is 1. The Hall–Kier alpha value is -2.24. The van der Waals surface area contributed by atoms with Gasteiger partial charge in [-0.1, -0.05) is 36.4 Å². The summed E-state index contributed by atoms with van der Waals surface area (Å²) < 4.78 is 13.2. The molecule has 0 aliphatic rings. The van der Waals surface area contributed by atoms with E-state index in [1.807, 2.05) is 18.2 Å². The SMILES string of the molecule is Cc1cc(F)ccc1C(O)CNC(C)(C(N)=O)c1ccccc1. The third-order valence-electron chi connectivity index (χ3n) is 4.08. The van der Waals surface area contributed by atoms with Gasteiger partial charge in [-0.2, -0.15) is 0 Å². The van der Waals surface area contributed by atoms with Crippen molar-refractivity contribution >= 4 is 5.91 Å². The van der Waals surface area contributed by atoms with Gasteiger partial charge in [0.2, 0.25) is 5.91 Å². The molecule has 0 aliphatic heterocycles. The highest BCUT2D eigenvalue weighted by Gasteiger charge is 2.33. The molecule has 0 spiro atoms. The van der Waals surface area contributed by atoms with Crippen LogP contribution in [-0.2, 0) is 10.3 Å². The molecule has 0 saturated carbocycles. The van der Waals surface area contributed by atoms with E-state index < -0.39 is 17.6 Å². The number of carbonyl (C=O) groups is 1. The molecule has 0 aliphatic carbocycles. The van der Waals surface area contributed by atoms with Gasteiger partial charge in [-0.25, -0.2) is 4.39 Å². The minimum absolute atomic E-state index is 0.112. The molecular formula is C18H21FN2O2. The molecule has 122 valence electrons. The molecule has 2 aromatic carbocycles. The van der Waals surface area contributed by atoms with Crippen LogP contribution in [0.3, 0.4) is 0 Å². The van der Waals surface area contributed by atoms with Crippen molar-refractivity contribution in [3.05, 3.63) is 71.0 Å². The topological polar surface area (TPSA) is 75.3 Å². The maximum Gasteiger partial charge on any atom is 0.242 e. The second-order valence-electron chi connectivity index (χ2n) is 5.75. The van der Waals surface area contributed by atoms with Gasteiger partial charge in [-0.05, 0) is 42.7 Å². The zero-order chi connectivity index (χ0) is 17.0. The lowest BCUT2D eigenvalue weighted by Gasteiger charge is -2.29. The highest BCUT2D eigenvalue weighted by atomic mass is 19.1. The van der Waals surface area contributed by atoms with Gasteiger partial charge in [-0.3, -0.25) is 10.1 Å². The first kappa shape index (κ1) is 17.1. The molecule has 1 amide bonds. The fourth-order valence-electron chi connectivity index (χ4n) is 2.53. The number of hydrogen-bond donors (Lipinski definition) is 3. The molecule has 0 aromatic heterocycles. The van der Waals surface area contributed by atoms with E-state index in [4.69, 9.17) is 5.73 Å². The van der Waals surface area contributed by atoms with Crippen molar-refractivity contribution in [2.24, 2.45) is 5.73 Å². The van der Waals surface area contributed by atoms with Gasteiger partial charge in [0.05, 0.1) is 6.10 Å². The first-order valence-electron chi connectivity index (χ1n) is 7.39. The molecule has 4 N–H and O–H groups in total. The minimum atomic E-state index is -1.10. The number of carbonyl (C=O) groups excluding carboxylic acids is 1. The first-order valence-corrected chi connectivity index (χ1v) is 7.39. The van der Waals surface area contributed by atoms with Crippen molar-refractivity contribution < 1.29 is 14.3 Å². The molecule has 2 aromatic rings. The smallest absolute Gasteiger partial charge is 0.242 e. The minimum Gasteiger partial charge on any atom is -0.387 e. The van der Waals surface area contributed by atoms with Crippen LogP contribution >= 0.6 is 0 Å². The van der Waals surface area contributed by atoms with E-state index >= 15 is 0 Å². The fraction of sp³-hybridized carbons (Fsp3) is 0.278. The molecule has 2 rings (SSSR count). The number of aliphatic hydroxyl groups is 1. The summed E-state index contributed by atoms with van der Waals surface area (Å²) in [5.41, 5.74) is 6.42. The number of nitrogens with two attached hydrogens (primary N) is 1. The molecule has 0 fully saturated rings. The Labute approximate surface area is 135 Å². The van der Waals surface area contributed by atoms with Gasteiger partial charge < -0.3 is 10.8 Å². The van der Waals surface area contributed by atoms with Crippen LogP contribution in [-0.4, -0.2) is 17.6 Å². The molecule has 23 heavy (non-hydrogen) atoms. The van der Waals surface area contributed by atoms with Crippen molar-refractivity contribution in [3.63, 3.8) is 0 Å². The largest absolute Gasteiger partial charge is 0.387 e. The van der Waals surface area contributed by atoms with Crippen molar-refractivity contribution in [1.29, 1.82) is 0 Å². The van der Waals surface area contributed by atoms with E-state index in [0.717, 1.165) is 5.56 Å². The third-order valence-corrected chi connectivity index (χ3v) is 4.08. The van der Waals surface area contributed by atoms with Crippen LogP contribution < -0.4 is 11.1 Å². The van der Waals surface area contributed by atoms with E-state index in [0.29, 0.717) is 11.1 Å². The number of nitrogens with one attached hydrogen (secondary N) is 1. The Morgan fingerprint density at radius 3 is 2.52 bits per heavy atom. The number of rotatable bonds is 6. The van der Waals surface area contributed by atoms with Crippen LogP contribution in [0.2, 0.25) is 0 Å². The van der Waals surface area contributed by atoms with Crippen LogP contribution in [0.4, 0.5) is 4.39 Å². The number of halogens is 1. The number of benzene rings is 2. The molecule has 4 nitrogen and oxygen atoms in total. The van der Waals surface area contributed by atoms with Gasteiger partial charge in [0.15, 0.2) is 0 Å². The van der Waals surface area contributed by atoms with Gasteiger partial charge >= 0.3 is 0 Å². The molecular weight excluding hydrogens is 295 g/mol. The highest BCUT2D eigenvalue weighted by molar-refractivity contribution is 5.85. The molecule has 2 atom stereocenters. The third kappa shape index (κ3) is 3.75. The van der Waals surface area contributed by atoms with E-state index in [1.165, 1.54) is 12.1 Å². The zero-order valence-electron chi connectivity index (χ0n) is 13.2. The second kappa shape index (κ2) is 6.89. The normalized spacial score (nSPS) is 15.0. The van der Waals surface area contributed by atoms with Crippen LogP contribution in [0.1, 0.15) is 29.7 Å². The Bertz CT molecular complexity index is 691. The number of aryl methyl sites for hydroxylation is 1. The van der Waals surface area contributed by atoms with Crippen LogP contribution in [0.5, 0.6) is 0 Å². The van der Waals surface area contributed by atoms with Crippen molar-refractivity contribution in [1.82, 2.24) is 5.32 Å². The first-order chi connectivity index (χ1) is 10.8. The summed E-state index contributed by atoms with van der Waals surface area (Å²) in [4.78, 5) is 11.9. The summed E-state index contributed by atoms with van der Waals surface area (Å²) in [7, 11) is 0. The number of amides is 1. The quantitative estimate of drug-likeness (QED) is 0.764. The highest BCUT2D eigenvalue weighted by Crippen LogP contribution is 2.23. The lowest BCUT2D eigenvalue weighted by Crippen LogP contribution is -2.51. The summed E-state index contributed by atoms with van der Waals surface area (Å²) >= 11 is 0. The zero-order valence-corrected chi connectivity index (χ0v) is 13.2. The van der Waals surface area contributed by atoms with E-state index in [9.17, 15) is 14.3 Å². The predicted molar refractivity (Wildman–Crippen MR) is 87.1 cm³/mol. The monoisotopic (exact) mass is 316 g/mol. The Morgan fingerprint density at radius 2 is 1.96 bits per heavy atom. The maximum absolute atomic E-state index is 13.2. The lowest BCUT2D eigenvalue weighted by molar-refractivity contribution is -0.124. The molecule has 0 heterocycles. The molecule has 2 unspecified atom stereocenters. The standard InChI is InChI=1S/C18H21FN2O2/c1-12-10-14(19)8-9-15(12)16(22)11-21-18(2,17(20)23)13-6-4-3-5-7-13/h3-10,16,21-22H,11H2,1-2H3,(H2,20,23). The van der Waals surface area contributed by atoms with Crippen molar-refractivity contribution in [2.75, 3.05) is 6.54 Å². The van der Waals surface area contributed by atoms with Gasteiger partial charge in [0.1, 0.15) is 11.4 Å². The van der Waals surface area contributed by atoms with Gasteiger partial charge in [-0.15, -0.1) is 0 Å². The summed E-state index contributed by atoms with van der Waals surface area (Å²) in [5.74, 6) is -0.885. The Kier molecular flexibility index (Phi) is 5.13. The average Bonchev–Trinajstić information content (AvgIpc) is 2.53. The lowest BCUT2D eigenvalue weighted by atomic mass is 9.90. The summed E-state index contributed by atoms with van der Waals surface area (Å²) in [6.07, 6.45) is -0.877. The van der Waals surface area contributed by atoms with Crippen LogP contribution in [0, 0.1) is 12.7 Å².